The minimum Gasteiger partial charge on any atom is -0.330 e. The van der Waals surface area contributed by atoms with Crippen LogP contribution in [0.2, 0.25) is 5.02 Å². The molecular weight excluding hydrogens is 218 g/mol. The molecule has 0 saturated heterocycles. The molecule has 0 bridgehead atoms. The van der Waals surface area contributed by atoms with E-state index < -0.39 is 10.8 Å². The molecule has 2 unspecified atom stereocenters. The molecule has 0 saturated carbocycles. The lowest BCUT2D eigenvalue weighted by molar-refractivity contribution is 0.641. The maximum Gasteiger partial charge on any atom is 0.0532 e. The van der Waals surface area contributed by atoms with Crippen LogP contribution in [0.5, 0.6) is 0 Å². The second-order valence-electron chi connectivity index (χ2n) is 3.31. The Morgan fingerprint density at radius 3 is 2.50 bits per heavy atom. The van der Waals surface area contributed by atoms with Crippen LogP contribution in [0.4, 0.5) is 0 Å². The van der Waals surface area contributed by atoms with Gasteiger partial charge in [-0.2, -0.15) is 0 Å². The van der Waals surface area contributed by atoms with Gasteiger partial charge in [0.1, 0.15) is 0 Å². The van der Waals surface area contributed by atoms with E-state index in [-0.39, 0.29) is 5.92 Å². The van der Waals surface area contributed by atoms with Crippen LogP contribution in [-0.4, -0.2) is 16.5 Å². The molecule has 0 aliphatic carbocycles. The fourth-order valence-electron chi connectivity index (χ4n) is 1.01. The Balaban J connectivity index is 2.65. The number of halogens is 1. The highest BCUT2D eigenvalue weighted by molar-refractivity contribution is 7.85. The molecule has 0 aliphatic heterocycles. The van der Waals surface area contributed by atoms with Crippen LogP contribution in [0.15, 0.2) is 29.2 Å². The van der Waals surface area contributed by atoms with E-state index in [0.29, 0.717) is 17.3 Å². The van der Waals surface area contributed by atoms with Crippen LogP contribution in [0, 0.1) is 5.92 Å². The summed E-state index contributed by atoms with van der Waals surface area (Å²) in [5.41, 5.74) is 5.47. The molecule has 78 valence electrons. The van der Waals surface area contributed by atoms with Gasteiger partial charge in [0, 0.05) is 15.7 Å². The van der Waals surface area contributed by atoms with Crippen molar-refractivity contribution in [2.75, 3.05) is 12.3 Å². The Morgan fingerprint density at radius 2 is 2.00 bits per heavy atom. The Labute approximate surface area is 91.9 Å². The van der Waals surface area contributed by atoms with E-state index in [1.165, 1.54) is 0 Å². The van der Waals surface area contributed by atoms with Crippen molar-refractivity contribution in [1.29, 1.82) is 0 Å². The predicted octanol–water partition coefficient (Wildman–Crippen LogP) is 2.04. The molecule has 0 heterocycles. The van der Waals surface area contributed by atoms with Gasteiger partial charge in [0.25, 0.3) is 0 Å². The van der Waals surface area contributed by atoms with Gasteiger partial charge in [-0.25, -0.2) is 0 Å². The summed E-state index contributed by atoms with van der Waals surface area (Å²) in [6, 6.07) is 7.09. The molecule has 0 radical (unpaired) electrons. The standard InChI is InChI=1S/C10H14ClNOS/c1-8(6-12)7-14(13)10-4-2-9(11)3-5-10/h2-5,8H,6-7,12H2,1H3. The molecule has 0 fully saturated rings. The molecule has 1 rings (SSSR count). The zero-order valence-corrected chi connectivity index (χ0v) is 9.65. The minimum atomic E-state index is -0.960. The lowest BCUT2D eigenvalue weighted by Crippen LogP contribution is -2.17. The van der Waals surface area contributed by atoms with Gasteiger partial charge in [0.05, 0.1) is 10.8 Å². The Bertz CT molecular complexity index is 312. The third-order valence-electron chi connectivity index (χ3n) is 1.91. The molecule has 0 aromatic heterocycles. The van der Waals surface area contributed by atoms with Gasteiger partial charge in [-0.15, -0.1) is 0 Å². The zero-order chi connectivity index (χ0) is 10.6. The molecule has 2 N–H and O–H groups in total. The van der Waals surface area contributed by atoms with Gasteiger partial charge in [-0.05, 0) is 36.7 Å². The van der Waals surface area contributed by atoms with Crippen molar-refractivity contribution in [3.8, 4) is 0 Å². The first kappa shape index (κ1) is 11.7. The summed E-state index contributed by atoms with van der Waals surface area (Å²) in [5, 5.41) is 0.664. The van der Waals surface area contributed by atoms with Crippen molar-refractivity contribution in [2.45, 2.75) is 11.8 Å². The van der Waals surface area contributed by atoms with Crippen molar-refractivity contribution >= 4 is 22.4 Å². The number of benzene rings is 1. The Morgan fingerprint density at radius 1 is 1.43 bits per heavy atom. The highest BCUT2D eigenvalue weighted by Crippen LogP contribution is 2.14. The summed E-state index contributed by atoms with van der Waals surface area (Å²) >= 11 is 5.73. The molecule has 14 heavy (non-hydrogen) atoms. The fourth-order valence-corrected chi connectivity index (χ4v) is 2.42. The molecule has 4 heteroatoms. The minimum absolute atomic E-state index is 0.284. The number of hydrogen-bond donors (Lipinski definition) is 1. The third kappa shape index (κ3) is 3.40. The Hall–Kier alpha value is -0.380. The number of hydrogen-bond acceptors (Lipinski definition) is 2. The van der Waals surface area contributed by atoms with Crippen LogP contribution in [0.1, 0.15) is 6.92 Å². The summed E-state index contributed by atoms with van der Waals surface area (Å²) in [4.78, 5) is 0.815. The molecule has 0 spiro atoms. The first-order chi connectivity index (χ1) is 6.63. The van der Waals surface area contributed by atoms with E-state index in [1.54, 1.807) is 24.3 Å². The van der Waals surface area contributed by atoms with E-state index in [1.807, 2.05) is 6.92 Å². The first-order valence-electron chi connectivity index (χ1n) is 4.47. The summed E-state index contributed by atoms with van der Waals surface area (Å²) in [6.45, 7) is 2.56. The SMILES string of the molecule is CC(CN)CS(=O)c1ccc(Cl)cc1. The van der Waals surface area contributed by atoms with Crippen LogP contribution in [0.25, 0.3) is 0 Å². The van der Waals surface area contributed by atoms with E-state index >= 15 is 0 Å². The highest BCUT2D eigenvalue weighted by atomic mass is 35.5. The average Bonchev–Trinajstić information content (AvgIpc) is 2.18. The Kier molecular flexibility index (Phi) is 4.58. The summed E-state index contributed by atoms with van der Waals surface area (Å²) < 4.78 is 11.7. The fraction of sp³-hybridized carbons (Fsp3) is 0.400. The second-order valence-corrected chi connectivity index (χ2v) is 5.24. The molecule has 1 aromatic carbocycles. The summed E-state index contributed by atoms with van der Waals surface area (Å²) in [6.07, 6.45) is 0. The van der Waals surface area contributed by atoms with Gasteiger partial charge in [0.2, 0.25) is 0 Å². The maximum atomic E-state index is 11.7. The quantitative estimate of drug-likeness (QED) is 0.862. The predicted molar refractivity (Wildman–Crippen MR) is 60.9 cm³/mol. The van der Waals surface area contributed by atoms with E-state index in [4.69, 9.17) is 17.3 Å². The van der Waals surface area contributed by atoms with Crippen molar-refractivity contribution in [1.82, 2.24) is 0 Å². The van der Waals surface area contributed by atoms with Crippen molar-refractivity contribution in [3.63, 3.8) is 0 Å². The monoisotopic (exact) mass is 231 g/mol. The van der Waals surface area contributed by atoms with Gasteiger partial charge in [-0.1, -0.05) is 18.5 Å². The van der Waals surface area contributed by atoms with Crippen LogP contribution in [-0.2, 0) is 10.8 Å². The number of rotatable bonds is 4. The van der Waals surface area contributed by atoms with Crippen LogP contribution < -0.4 is 5.73 Å². The largest absolute Gasteiger partial charge is 0.330 e. The van der Waals surface area contributed by atoms with Crippen LogP contribution >= 0.6 is 11.6 Å². The lowest BCUT2D eigenvalue weighted by atomic mass is 10.2. The van der Waals surface area contributed by atoms with E-state index in [0.717, 1.165) is 4.90 Å². The van der Waals surface area contributed by atoms with Crippen LogP contribution in [0.3, 0.4) is 0 Å². The first-order valence-corrected chi connectivity index (χ1v) is 6.17. The maximum absolute atomic E-state index is 11.7. The molecule has 2 nitrogen and oxygen atoms in total. The second kappa shape index (κ2) is 5.49. The van der Waals surface area contributed by atoms with E-state index in [9.17, 15) is 4.21 Å². The topological polar surface area (TPSA) is 43.1 Å². The molecule has 0 aliphatic rings. The van der Waals surface area contributed by atoms with Gasteiger partial charge in [-0.3, -0.25) is 4.21 Å². The van der Waals surface area contributed by atoms with Gasteiger partial charge < -0.3 is 5.73 Å². The number of nitrogens with two attached hydrogens (primary N) is 1. The molecule has 0 amide bonds. The van der Waals surface area contributed by atoms with Crippen molar-refractivity contribution in [3.05, 3.63) is 29.3 Å². The third-order valence-corrected chi connectivity index (χ3v) is 3.84. The summed E-state index contributed by atoms with van der Waals surface area (Å²) in [5.74, 6) is 0.893. The average molecular weight is 232 g/mol. The smallest absolute Gasteiger partial charge is 0.0532 e. The van der Waals surface area contributed by atoms with Gasteiger partial charge in [0.15, 0.2) is 0 Å². The lowest BCUT2D eigenvalue weighted by Gasteiger charge is -2.07. The molecule has 1 aromatic rings. The van der Waals surface area contributed by atoms with E-state index in [2.05, 4.69) is 0 Å². The summed E-state index contributed by atoms with van der Waals surface area (Å²) in [7, 11) is -0.960. The van der Waals surface area contributed by atoms with Gasteiger partial charge >= 0.3 is 0 Å². The van der Waals surface area contributed by atoms with Crippen molar-refractivity contribution < 1.29 is 4.21 Å². The highest BCUT2D eigenvalue weighted by Gasteiger charge is 2.07. The molecular formula is C10H14ClNOS. The van der Waals surface area contributed by atoms with Crippen molar-refractivity contribution in [2.24, 2.45) is 11.7 Å². The normalized spacial score (nSPS) is 15.1. The molecule has 2 atom stereocenters. The zero-order valence-electron chi connectivity index (χ0n) is 8.07.